The van der Waals surface area contributed by atoms with Crippen molar-refractivity contribution in [2.24, 2.45) is 5.10 Å². The van der Waals surface area contributed by atoms with Crippen molar-refractivity contribution in [3.05, 3.63) is 29.8 Å². The molecule has 14 heavy (non-hydrogen) atoms. The third kappa shape index (κ3) is 3.47. The van der Waals surface area contributed by atoms with Crippen LogP contribution in [-0.4, -0.2) is 19.4 Å². The maximum atomic E-state index is 5.10. The van der Waals surface area contributed by atoms with E-state index >= 15 is 0 Å². The predicted molar refractivity (Wildman–Crippen MR) is 58.9 cm³/mol. The van der Waals surface area contributed by atoms with Gasteiger partial charge in [-0.1, -0.05) is 12.1 Å². The van der Waals surface area contributed by atoms with Crippen LogP contribution < -0.4 is 10.2 Å². The van der Waals surface area contributed by atoms with E-state index in [0.29, 0.717) is 6.04 Å². The van der Waals surface area contributed by atoms with Crippen molar-refractivity contribution in [1.29, 1.82) is 0 Å². The Kier molecular flexibility index (Phi) is 3.98. The minimum absolute atomic E-state index is 0.358. The second-order valence-corrected chi connectivity index (χ2v) is 3.32. The highest BCUT2D eigenvalue weighted by Gasteiger charge is 1.92. The number of ether oxygens (including phenoxy) is 1. The molecule has 0 heterocycles. The average Bonchev–Trinajstić information content (AvgIpc) is 2.18. The van der Waals surface area contributed by atoms with Crippen molar-refractivity contribution in [2.45, 2.75) is 19.9 Å². The molecule has 3 nitrogen and oxygen atoms in total. The fourth-order valence-electron chi connectivity index (χ4n) is 0.983. The molecule has 0 aliphatic carbocycles. The molecule has 0 radical (unpaired) electrons. The van der Waals surface area contributed by atoms with E-state index in [1.54, 1.807) is 13.3 Å². The summed E-state index contributed by atoms with van der Waals surface area (Å²) in [5, 5.41) is 4.09. The van der Waals surface area contributed by atoms with Crippen LogP contribution in [0, 0.1) is 0 Å². The minimum Gasteiger partial charge on any atom is -0.497 e. The maximum Gasteiger partial charge on any atom is 0.119 e. The van der Waals surface area contributed by atoms with Crippen LogP contribution in [0.3, 0.4) is 0 Å². The van der Waals surface area contributed by atoms with E-state index in [0.717, 1.165) is 11.3 Å². The Morgan fingerprint density at radius 1 is 1.43 bits per heavy atom. The normalized spacial score (nSPS) is 10.9. The van der Waals surface area contributed by atoms with Crippen LogP contribution in [0.2, 0.25) is 0 Å². The van der Waals surface area contributed by atoms with E-state index < -0.39 is 0 Å². The average molecular weight is 192 g/mol. The van der Waals surface area contributed by atoms with Crippen LogP contribution >= 0.6 is 0 Å². The van der Waals surface area contributed by atoms with Gasteiger partial charge in [-0.05, 0) is 31.5 Å². The van der Waals surface area contributed by atoms with Crippen molar-refractivity contribution in [3.63, 3.8) is 0 Å². The molecular formula is C11H16N2O. The van der Waals surface area contributed by atoms with Crippen LogP contribution in [0.25, 0.3) is 0 Å². The molecule has 0 bridgehead atoms. The quantitative estimate of drug-likeness (QED) is 0.585. The monoisotopic (exact) mass is 192 g/mol. The molecule has 0 amide bonds. The third-order valence-corrected chi connectivity index (χ3v) is 1.64. The summed E-state index contributed by atoms with van der Waals surface area (Å²) in [5.74, 6) is 0.846. The summed E-state index contributed by atoms with van der Waals surface area (Å²) in [6.45, 7) is 4.09. The first-order valence-corrected chi connectivity index (χ1v) is 4.65. The molecule has 0 atom stereocenters. The summed E-state index contributed by atoms with van der Waals surface area (Å²) in [6, 6.07) is 8.12. The van der Waals surface area contributed by atoms with Crippen molar-refractivity contribution < 1.29 is 4.74 Å². The van der Waals surface area contributed by atoms with E-state index in [9.17, 15) is 0 Å². The number of methoxy groups -OCH3 is 1. The second-order valence-electron chi connectivity index (χ2n) is 3.32. The first kappa shape index (κ1) is 10.6. The Labute approximate surface area is 84.8 Å². The zero-order chi connectivity index (χ0) is 10.4. The topological polar surface area (TPSA) is 33.6 Å². The fourth-order valence-corrected chi connectivity index (χ4v) is 0.983. The van der Waals surface area contributed by atoms with Crippen LogP contribution in [0.4, 0.5) is 0 Å². The molecular weight excluding hydrogens is 176 g/mol. The van der Waals surface area contributed by atoms with Crippen LogP contribution in [0.1, 0.15) is 19.4 Å². The van der Waals surface area contributed by atoms with E-state index in [2.05, 4.69) is 10.5 Å². The van der Waals surface area contributed by atoms with Gasteiger partial charge in [-0.2, -0.15) is 5.10 Å². The molecule has 0 saturated heterocycles. The first-order chi connectivity index (χ1) is 6.72. The summed E-state index contributed by atoms with van der Waals surface area (Å²) in [6.07, 6.45) is 1.78. The van der Waals surface area contributed by atoms with Gasteiger partial charge in [-0.3, -0.25) is 0 Å². The Morgan fingerprint density at radius 3 is 2.86 bits per heavy atom. The number of nitrogens with zero attached hydrogens (tertiary/aromatic N) is 1. The molecule has 76 valence electrons. The Balaban J connectivity index is 2.62. The minimum atomic E-state index is 0.358. The van der Waals surface area contributed by atoms with Gasteiger partial charge in [0.2, 0.25) is 0 Å². The largest absolute Gasteiger partial charge is 0.497 e. The molecule has 0 aliphatic rings. The summed E-state index contributed by atoms with van der Waals surface area (Å²) < 4.78 is 5.10. The molecule has 1 rings (SSSR count). The van der Waals surface area contributed by atoms with Crippen molar-refractivity contribution in [1.82, 2.24) is 5.43 Å². The summed E-state index contributed by atoms with van der Waals surface area (Å²) in [4.78, 5) is 0. The zero-order valence-corrected chi connectivity index (χ0v) is 8.82. The molecule has 0 aromatic heterocycles. The van der Waals surface area contributed by atoms with Gasteiger partial charge in [-0.15, -0.1) is 0 Å². The third-order valence-electron chi connectivity index (χ3n) is 1.64. The Morgan fingerprint density at radius 2 is 2.21 bits per heavy atom. The van der Waals surface area contributed by atoms with Crippen LogP contribution in [-0.2, 0) is 0 Å². The highest BCUT2D eigenvalue weighted by Crippen LogP contribution is 2.10. The molecule has 0 saturated carbocycles. The molecule has 0 aliphatic heterocycles. The zero-order valence-electron chi connectivity index (χ0n) is 8.82. The standard InChI is InChI=1S/C11H16N2O/c1-9(2)13-12-8-10-5-4-6-11(7-10)14-3/h4-9,13H,1-3H3/b12-8+. The number of hydrogen-bond acceptors (Lipinski definition) is 3. The Hall–Kier alpha value is -1.51. The lowest BCUT2D eigenvalue weighted by molar-refractivity contribution is 0.414. The molecule has 1 aromatic rings. The Bertz CT molecular complexity index is 308. The van der Waals surface area contributed by atoms with Crippen molar-refractivity contribution in [3.8, 4) is 5.75 Å². The maximum absolute atomic E-state index is 5.10. The number of nitrogens with one attached hydrogen (secondary N) is 1. The van der Waals surface area contributed by atoms with E-state index in [1.165, 1.54) is 0 Å². The molecule has 3 heteroatoms. The second kappa shape index (κ2) is 5.27. The summed E-state index contributed by atoms with van der Waals surface area (Å²) in [5.41, 5.74) is 3.99. The van der Waals surface area contributed by atoms with Crippen LogP contribution in [0.5, 0.6) is 5.75 Å². The smallest absolute Gasteiger partial charge is 0.119 e. The van der Waals surface area contributed by atoms with Gasteiger partial charge in [-0.25, -0.2) is 0 Å². The molecule has 0 fully saturated rings. The summed E-state index contributed by atoms with van der Waals surface area (Å²) in [7, 11) is 1.66. The van der Waals surface area contributed by atoms with E-state index in [4.69, 9.17) is 4.74 Å². The fraction of sp³-hybridized carbons (Fsp3) is 0.364. The molecule has 0 unspecified atom stereocenters. The highest BCUT2D eigenvalue weighted by molar-refractivity contribution is 5.79. The number of rotatable bonds is 4. The van der Waals surface area contributed by atoms with Gasteiger partial charge in [0, 0.05) is 6.04 Å². The number of hydrogen-bond donors (Lipinski definition) is 1. The first-order valence-electron chi connectivity index (χ1n) is 4.65. The molecule has 1 aromatic carbocycles. The molecule has 1 N–H and O–H groups in total. The van der Waals surface area contributed by atoms with Gasteiger partial charge < -0.3 is 10.2 Å². The van der Waals surface area contributed by atoms with E-state index in [-0.39, 0.29) is 0 Å². The van der Waals surface area contributed by atoms with Crippen LogP contribution in [0.15, 0.2) is 29.4 Å². The lowest BCUT2D eigenvalue weighted by Crippen LogP contribution is -2.15. The highest BCUT2D eigenvalue weighted by atomic mass is 16.5. The van der Waals surface area contributed by atoms with Gasteiger partial charge in [0.25, 0.3) is 0 Å². The van der Waals surface area contributed by atoms with Gasteiger partial charge in [0.1, 0.15) is 5.75 Å². The SMILES string of the molecule is COc1cccc(/C=N/NC(C)C)c1. The van der Waals surface area contributed by atoms with E-state index in [1.807, 2.05) is 38.1 Å². The lowest BCUT2D eigenvalue weighted by atomic mass is 10.2. The number of benzene rings is 1. The van der Waals surface area contributed by atoms with Crippen molar-refractivity contribution >= 4 is 6.21 Å². The van der Waals surface area contributed by atoms with Gasteiger partial charge in [0.15, 0.2) is 0 Å². The van der Waals surface area contributed by atoms with Gasteiger partial charge in [0.05, 0.1) is 13.3 Å². The predicted octanol–water partition coefficient (Wildman–Crippen LogP) is 2.03. The number of hydrazone groups is 1. The lowest BCUT2D eigenvalue weighted by Gasteiger charge is -2.02. The van der Waals surface area contributed by atoms with Crippen molar-refractivity contribution in [2.75, 3.05) is 7.11 Å². The molecule has 0 spiro atoms. The van der Waals surface area contributed by atoms with Gasteiger partial charge >= 0.3 is 0 Å². The summed E-state index contributed by atoms with van der Waals surface area (Å²) >= 11 is 0.